The van der Waals surface area contributed by atoms with Crippen molar-refractivity contribution in [3.05, 3.63) is 75.1 Å². The van der Waals surface area contributed by atoms with E-state index in [-0.39, 0.29) is 18.4 Å². The number of nitrogens with zero attached hydrogens (tertiary/aromatic N) is 2. The number of benzene rings is 1. The number of amides is 1. The molecule has 1 atom stereocenters. The van der Waals surface area contributed by atoms with Crippen LogP contribution in [-0.2, 0) is 11.2 Å². The second kappa shape index (κ2) is 7.93. The van der Waals surface area contributed by atoms with Crippen LogP contribution in [0.15, 0.2) is 50.5 Å². The van der Waals surface area contributed by atoms with Gasteiger partial charge in [-0.15, -0.1) is 0 Å². The van der Waals surface area contributed by atoms with Crippen LogP contribution in [0.5, 0.6) is 0 Å². The number of carbonyl (C=O) groups is 1. The zero-order valence-corrected chi connectivity index (χ0v) is 18.6. The molecule has 4 heterocycles. The molecule has 1 amide bonds. The van der Waals surface area contributed by atoms with Gasteiger partial charge in [0.05, 0.1) is 24.3 Å². The summed E-state index contributed by atoms with van der Waals surface area (Å²) in [7, 11) is 0. The first kappa shape index (κ1) is 20.5. The normalized spacial score (nSPS) is 16.7. The first-order valence-electron chi connectivity index (χ1n) is 11.1. The van der Waals surface area contributed by atoms with Crippen molar-refractivity contribution < 1.29 is 13.6 Å². The van der Waals surface area contributed by atoms with Gasteiger partial charge in [0, 0.05) is 35.3 Å². The number of carbonyl (C=O) groups excluding carboxylic acids is 1. The fraction of sp³-hybridized carbons (Fsp3) is 0.346. The van der Waals surface area contributed by atoms with E-state index in [0.29, 0.717) is 17.7 Å². The highest BCUT2D eigenvalue weighted by atomic mass is 16.4. The monoisotopic (exact) mass is 430 g/mol. The second-order valence-corrected chi connectivity index (χ2v) is 8.73. The Hall–Kier alpha value is -3.41. The van der Waals surface area contributed by atoms with Gasteiger partial charge in [0.25, 0.3) is 0 Å². The molecule has 1 aliphatic rings. The van der Waals surface area contributed by atoms with Gasteiger partial charge in [-0.05, 0) is 68.9 Å². The smallest absolute Gasteiger partial charge is 0.340 e. The Bertz CT molecular complexity index is 1380. The van der Waals surface area contributed by atoms with E-state index in [1.165, 1.54) is 0 Å². The minimum Gasteiger partial charge on any atom is -0.464 e. The summed E-state index contributed by atoms with van der Waals surface area (Å²) in [5.41, 5.74) is 4.89. The molecule has 6 heteroatoms. The molecule has 4 aromatic rings. The van der Waals surface area contributed by atoms with Crippen LogP contribution in [-0.4, -0.2) is 22.3 Å². The molecule has 1 aromatic carbocycles. The molecular weight excluding hydrogens is 404 g/mol. The molecule has 164 valence electrons. The van der Waals surface area contributed by atoms with Gasteiger partial charge in [-0.1, -0.05) is 6.07 Å². The predicted molar refractivity (Wildman–Crippen MR) is 123 cm³/mol. The molecule has 1 fully saturated rings. The highest BCUT2D eigenvalue weighted by Gasteiger charge is 2.29. The van der Waals surface area contributed by atoms with Crippen LogP contribution in [0.2, 0.25) is 0 Å². The third kappa shape index (κ3) is 3.30. The zero-order valence-electron chi connectivity index (χ0n) is 18.6. The molecule has 1 saturated heterocycles. The van der Waals surface area contributed by atoms with Crippen LogP contribution >= 0.6 is 0 Å². The van der Waals surface area contributed by atoms with Crippen LogP contribution < -0.4 is 5.63 Å². The van der Waals surface area contributed by atoms with Crippen molar-refractivity contribution >= 4 is 27.8 Å². The Morgan fingerprint density at radius 3 is 2.78 bits per heavy atom. The lowest BCUT2D eigenvalue weighted by Gasteiger charge is -2.36. The average Bonchev–Trinajstić information content (AvgIpc) is 3.19. The molecule has 32 heavy (non-hydrogen) atoms. The highest BCUT2D eigenvalue weighted by Crippen LogP contribution is 2.34. The summed E-state index contributed by atoms with van der Waals surface area (Å²) in [5, 5.41) is 1.85. The maximum atomic E-state index is 13.4. The summed E-state index contributed by atoms with van der Waals surface area (Å²) in [6, 6.07) is 5.91. The maximum absolute atomic E-state index is 13.4. The number of rotatable bonds is 3. The lowest BCUT2D eigenvalue weighted by atomic mass is 9.94. The number of piperidine rings is 1. The molecule has 0 N–H and O–H groups in total. The maximum Gasteiger partial charge on any atom is 0.340 e. The van der Waals surface area contributed by atoms with E-state index in [1.54, 1.807) is 12.5 Å². The average molecular weight is 431 g/mol. The topological polar surface area (TPSA) is 76.6 Å². The van der Waals surface area contributed by atoms with E-state index >= 15 is 0 Å². The Labute approximate surface area is 185 Å². The first-order chi connectivity index (χ1) is 15.5. The van der Waals surface area contributed by atoms with Gasteiger partial charge in [-0.25, -0.2) is 4.79 Å². The lowest BCUT2D eigenvalue weighted by molar-refractivity contribution is -0.134. The SMILES string of the molecule is Cc1coc2c(C)c3oc(=O)c(CC(=O)N4CCCC[C@H]4c4cccnc4)c(C)c3cc12. The Kier molecular flexibility index (Phi) is 5.08. The van der Waals surface area contributed by atoms with Crippen molar-refractivity contribution in [1.82, 2.24) is 9.88 Å². The minimum absolute atomic E-state index is 0.00629. The lowest BCUT2D eigenvalue weighted by Crippen LogP contribution is -2.40. The van der Waals surface area contributed by atoms with Crippen molar-refractivity contribution in [2.75, 3.05) is 6.54 Å². The van der Waals surface area contributed by atoms with Gasteiger partial charge < -0.3 is 13.7 Å². The molecule has 0 saturated carbocycles. The standard InChI is InChI=1S/C26H26N2O4/c1-15-14-31-24-17(3)25-20(11-19(15)24)16(2)21(26(30)32-25)12-23(29)28-10-5-4-8-22(28)18-7-6-9-27-13-18/h6-7,9,11,13-14,22H,4-5,8,10,12H2,1-3H3/t22-/m0/s1. The van der Waals surface area contributed by atoms with E-state index in [1.807, 2.05) is 50.1 Å². The van der Waals surface area contributed by atoms with Crippen molar-refractivity contribution in [2.45, 2.75) is 52.5 Å². The summed E-state index contributed by atoms with van der Waals surface area (Å²) in [6.45, 7) is 6.47. The number of hydrogen-bond acceptors (Lipinski definition) is 5. The van der Waals surface area contributed by atoms with Gasteiger partial charge in [-0.3, -0.25) is 9.78 Å². The van der Waals surface area contributed by atoms with Gasteiger partial charge in [-0.2, -0.15) is 0 Å². The van der Waals surface area contributed by atoms with Gasteiger partial charge in [0.2, 0.25) is 5.91 Å². The van der Waals surface area contributed by atoms with Crippen LogP contribution in [0.1, 0.15) is 53.1 Å². The largest absolute Gasteiger partial charge is 0.464 e. The molecule has 6 nitrogen and oxygen atoms in total. The third-order valence-electron chi connectivity index (χ3n) is 6.76. The third-order valence-corrected chi connectivity index (χ3v) is 6.76. The van der Waals surface area contributed by atoms with Crippen LogP contribution in [0.3, 0.4) is 0 Å². The molecular formula is C26H26N2O4. The van der Waals surface area contributed by atoms with E-state index in [4.69, 9.17) is 8.83 Å². The Balaban J connectivity index is 1.54. The number of pyridine rings is 1. The van der Waals surface area contributed by atoms with Crippen molar-refractivity contribution in [3.63, 3.8) is 0 Å². The Morgan fingerprint density at radius 1 is 1.16 bits per heavy atom. The Morgan fingerprint density at radius 2 is 2.00 bits per heavy atom. The summed E-state index contributed by atoms with van der Waals surface area (Å²) >= 11 is 0. The molecule has 0 spiro atoms. The van der Waals surface area contributed by atoms with Crippen molar-refractivity contribution in [3.8, 4) is 0 Å². The van der Waals surface area contributed by atoms with Gasteiger partial charge in [0.1, 0.15) is 11.2 Å². The molecule has 1 aliphatic heterocycles. The molecule has 0 unspecified atom stereocenters. The van der Waals surface area contributed by atoms with Crippen molar-refractivity contribution in [2.24, 2.45) is 0 Å². The van der Waals surface area contributed by atoms with E-state index < -0.39 is 5.63 Å². The quantitative estimate of drug-likeness (QED) is 0.420. The van der Waals surface area contributed by atoms with E-state index in [2.05, 4.69) is 4.98 Å². The molecule has 0 bridgehead atoms. The van der Waals surface area contributed by atoms with Gasteiger partial charge in [0.15, 0.2) is 0 Å². The fourth-order valence-corrected chi connectivity index (χ4v) is 4.93. The number of fused-ring (bicyclic) bond motifs is 2. The summed E-state index contributed by atoms with van der Waals surface area (Å²) in [5.74, 6) is -0.0504. The number of likely N-dealkylation sites (tertiary alicyclic amines) is 1. The molecule has 0 radical (unpaired) electrons. The number of hydrogen-bond donors (Lipinski definition) is 0. The summed E-state index contributed by atoms with van der Waals surface area (Å²) < 4.78 is 11.4. The molecule has 3 aromatic heterocycles. The van der Waals surface area contributed by atoms with Gasteiger partial charge >= 0.3 is 5.63 Å². The predicted octanol–water partition coefficient (Wildman–Crippen LogP) is 5.16. The second-order valence-electron chi connectivity index (χ2n) is 8.73. The van der Waals surface area contributed by atoms with E-state index in [0.717, 1.165) is 57.9 Å². The summed E-state index contributed by atoms with van der Waals surface area (Å²) in [4.78, 5) is 32.5. The molecule has 0 aliphatic carbocycles. The first-order valence-corrected chi connectivity index (χ1v) is 11.1. The van der Waals surface area contributed by atoms with Crippen molar-refractivity contribution in [1.29, 1.82) is 0 Å². The minimum atomic E-state index is -0.455. The van der Waals surface area contributed by atoms with Crippen LogP contribution in [0.25, 0.3) is 21.9 Å². The van der Waals surface area contributed by atoms with Crippen LogP contribution in [0, 0.1) is 20.8 Å². The fourth-order valence-electron chi connectivity index (χ4n) is 4.93. The summed E-state index contributed by atoms with van der Waals surface area (Å²) in [6.07, 6.45) is 8.24. The zero-order chi connectivity index (χ0) is 22.4. The molecule has 5 rings (SSSR count). The number of aryl methyl sites for hydroxylation is 3. The van der Waals surface area contributed by atoms with E-state index in [9.17, 15) is 9.59 Å². The number of furan rings is 1. The highest BCUT2D eigenvalue weighted by molar-refractivity contribution is 6.00. The number of aromatic nitrogens is 1. The van der Waals surface area contributed by atoms with Crippen LogP contribution in [0.4, 0.5) is 0 Å².